The number of hydrogen-bond acceptors (Lipinski definition) is 4. The summed E-state index contributed by atoms with van der Waals surface area (Å²) in [7, 11) is 1.63. The molecule has 0 unspecified atom stereocenters. The first-order chi connectivity index (χ1) is 9.60. The fraction of sp³-hybridized carbons (Fsp3) is 0.143. The molecule has 20 heavy (non-hydrogen) atoms. The summed E-state index contributed by atoms with van der Waals surface area (Å²) in [6.07, 6.45) is 1.51. The van der Waals surface area contributed by atoms with Gasteiger partial charge in [0.25, 0.3) is 0 Å². The molecule has 0 atom stereocenters. The highest BCUT2D eigenvalue weighted by Gasteiger charge is 2.07. The maximum atomic E-state index is 10.9. The number of carbonyl (C=O) groups is 1. The highest BCUT2D eigenvalue weighted by atomic mass is 79.9. The Labute approximate surface area is 129 Å². The van der Waals surface area contributed by atoms with E-state index in [4.69, 9.17) is 9.84 Å². The van der Waals surface area contributed by atoms with Crippen LogP contribution in [-0.2, 0) is 5.75 Å². The molecule has 0 radical (unpaired) electrons. The summed E-state index contributed by atoms with van der Waals surface area (Å²) in [5, 5.41) is 8.91. The number of ether oxygens (including phenoxy) is 1. The molecule has 104 valence electrons. The van der Waals surface area contributed by atoms with Crippen LogP contribution in [0.5, 0.6) is 5.75 Å². The summed E-state index contributed by atoms with van der Waals surface area (Å²) < 4.78 is 6.19. The number of hydrogen-bond donors (Lipinski definition) is 1. The van der Waals surface area contributed by atoms with Crippen LogP contribution in [0.2, 0.25) is 0 Å². The van der Waals surface area contributed by atoms with Crippen LogP contribution in [0.15, 0.2) is 45.9 Å². The van der Waals surface area contributed by atoms with Gasteiger partial charge in [0, 0.05) is 21.3 Å². The first kappa shape index (κ1) is 14.9. The van der Waals surface area contributed by atoms with Gasteiger partial charge < -0.3 is 9.84 Å². The number of aromatic nitrogens is 1. The van der Waals surface area contributed by atoms with E-state index in [9.17, 15) is 4.79 Å². The Morgan fingerprint density at radius 3 is 2.90 bits per heavy atom. The Hall–Kier alpha value is -1.53. The van der Waals surface area contributed by atoms with E-state index in [1.54, 1.807) is 31.0 Å². The van der Waals surface area contributed by atoms with E-state index >= 15 is 0 Å². The summed E-state index contributed by atoms with van der Waals surface area (Å²) >= 11 is 5.05. The van der Waals surface area contributed by atoms with E-state index in [1.807, 2.05) is 18.2 Å². The average molecular weight is 354 g/mol. The molecular weight excluding hydrogens is 342 g/mol. The molecule has 0 aliphatic rings. The van der Waals surface area contributed by atoms with Crippen LogP contribution in [-0.4, -0.2) is 23.2 Å². The number of aromatic carboxylic acids is 1. The van der Waals surface area contributed by atoms with Crippen LogP contribution >= 0.6 is 27.7 Å². The first-order valence-corrected chi connectivity index (χ1v) is 7.52. The van der Waals surface area contributed by atoms with Crippen molar-refractivity contribution in [3.8, 4) is 5.75 Å². The van der Waals surface area contributed by atoms with Gasteiger partial charge in [0.1, 0.15) is 11.4 Å². The summed E-state index contributed by atoms with van der Waals surface area (Å²) in [6.45, 7) is 0. The minimum absolute atomic E-state index is 0.0553. The van der Waals surface area contributed by atoms with Crippen molar-refractivity contribution >= 4 is 33.7 Å². The number of methoxy groups -OCH3 is 1. The van der Waals surface area contributed by atoms with Gasteiger partial charge >= 0.3 is 5.97 Å². The van der Waals surface area contributed by atoms with Crippen molar-refractivity contribution in [3.63, 3.8) is 0 Å². The van der Waals surface area contributed by atoms with E-state index in [2.05, 4.69) is 20.9 Å². The lowest BCUT2D eigenvalue weighted by atomic mass is 10.2. The van der Waals surface area contributed by atoms with Crippen molar-refractivity contribution in [2.45, 2.75) is 10.6 Å². The van der Waals surface area contributed by atoms with E-state index in [0.717, 1.165) is 20.7 Å². The summed E-state index contributed by atoms with van der Waals surface area (Å²) in [4.78, 5) is 15.5. The average Bonchev–Trinajstić information content (AvgIpc) is 2.46. The van der Waals surface area contributed by atoms with Gasteiger partial charge in [-0.1, -0.05) is 15.9 Å². The molecule has 0 amide bonds. The zero-order valence-corrected chi connectivity index (χ0v) is 13.1. The normalized spacial score (nSPS) is 10.3. The summed E-state index contributed by atoms with van der Waals surface area (Å²) in [6, 6.07) is 9.14. The smallest absolute Gasteiger partial charge is 0.354 e. The van der Waals surface area contributed by atoms with Gasteiger partial charge in [0.05, 0.1) is 7.11 Å². The number of carboxylic acids is 1. The highest BCUT2D eigenvalue weighted by Crippen LogP contribution is 2.29. The van der Waals surface area contributed by atoms with Gasteiger partial charge in [-0.3, -0.25) is 0 Å². The van der Waals surface area contributed by atoms with Crippen molar-refractivity contribution in [3.05, 3.63) is 52.3 Å². The predicted molar refractivity (Wildman–Crippen MR) is 81.5 cm³/mol. The minimum atomic E-state index is -1.02. The maximum absolute atomic E-state index is 10.9. The lowest BCUT2D eigenvalue weighted by Crippen LogP contribution is -1.99. The van der Waals surface area contributed by atoms with Crippen LogP contribution in [0.1, 0.15) is 16.1 Å². The van der Waals surface area contributed by atoms with Crippen LogP contribution in [0.25, 0.3) is 0 Å². The minimum Gasteiger partial charge on any atom is -0.497 e. The molecule has 2 rings (SSSR count). The summed E-state index contributed by atoms with van der Waals surface area (Å²) in [5.74, 6) is 0.487. The molecule has 0 aliphatic carbocycles. The fourth-order valence-electron chi connectivity index (χ4n) is 1.57. The Morgan fingerprint density at radius 2 is 2.20 bits per heavy atom. The molecule has 0 saturated carbocycles. The molecule has 0 bridgehead atoms. The van der Waals surface area contributed by atoms with Crippen molar-refractivity contribution in [1.82, 2.24) is 4.98 Å². The molecule has 0 aliphatic heterocycles. The number of carboxylic acid groups (broad SMARTS) is 1. The Morgan fingerprint density at radius 1 is 1.40 bits per heavy atom. The van der Waals surface area contributed by atoms with Gasteiger partial charge in [0.15, 0.2) is 0 Å². The van der Waals surface area contributed by atoms with Gasteiger partial charge in [0.2, 0.25) is 0 Å². The maximum Gasteiger partial charge on any atom is 0.354 e. The first-order valence-electron chi connectivity index (χ1n) is 5.74. The predicted octanol–water partition coefficient (Wildman–Crippen LogP) is 3.84. The molecule has 1 N–H and O–H groups in total. The molecule has 0 saturated heterocycles. The Balaban J connectivity index is 2.12. The van der Waals surface area contributed by atoms with Gasteiger partial charge in [-0.05, 0) is 35.9 Å². The third-order valence-electron chi connectivity index (χ3n) is 2.60. The monoisotopic (exact) mass is 353 g/mol. The SMILES string of the molecule is COc1ccc(Br)c(CSc2ccnc(C(=O)O)c2)c1. The number of thioether (sulfide) groups is 1. The number of benzene rings is 1. The number of pyridine rings is 1. The van der Waals surface area contributed by atoms with E-state index in [1.165, 1.54) is 6.20 Å². The van der Waals surface area contributed by atoms with Crippen molar-refractivity contribution < 1.29 is 14.6 Å². The van der Waals surface area contributed by atoms with E-state index < -0.39 is 5.97 Å². The lowest BCUT2D eigenvalue weighted by molar-refractivity contribution is 0.0690. The zero-order valence-electron chi connectivity index (χ0n) is 10.7. The second-order valence-corrected chi connectivity index (χ2v) is 5.83. The molecule has 1 heterocycles. The fourth-order valence-corrected chi connectivity index (χ4v) is 3.05. The zero-order chi connectivity index (χ0) is 14.5. The van der Waals surface area contributed by atoms with Crippen LogP contribution in [0.4, 0.5) is 0 Å². The van der Waals surface area contributed by atoms with E-state index in [0.29, 0.717) is 5.75 Å². The molecule has 0 fully saturated rings. The molecular formula is C14H12BrNO3S. The van der Waals surface area contributed by atoms with Crippen molar-refractivity contribution in [2.75, 3.05) is 7.11 Å². The third kappa shape index (κ3) is 3.74. The third-order valence-corrected chi connectivity index (χ3v) is 4.41. The molecule has 4 nitrogen and oxygen atoms in total. The Bertz CT molecular complexity index is 634. The number of nitrogens with zero attached hydrogens (tertiary/aromatic N) is 1. The standard InChI is InChI=1S/C14H12BrNO3S/c1-19-10-2-3-12(15)9(6-10)8-20-11-4-5-16-13(7-11)14(17)18/h2-7H,8H2,1H3,(H,17,18). The van der Waals surface area contributed by atoms with Gasteiger partial charge in [-0.25, -0.2) is 9.78 Å². The Kier molecular flexibility index (Phi) is 5.03. The topological polar surface area (TPSA) is 59.4 Å². The highest BCUT2D eigenvalue weighted by molar-refractivity contribution is 9.10. The summed E-state index contributed by atoms with van der Waals surface area (Å²) in [5.41, 5.74) is 1.14. The molecule has 0 spiro atoms. The number of rotatable bonds is 5. The van der Waals surface area contributed by atoms with Crippen LogP contribution in [0.3, 0.4) is 0 Å². The van der Waals surface area contributed by atoms with Crippen LogP contribution in [0, 0.1) is 0 Å². The van der Waals surface area contributed by atoms with Gasteiger partial charge in [-0.15, -0.1) is 11.8 Å². The largest absolute Gasteiger partial charge is 0.497 e. The molecule has 6 heteroatoms. The van der Waals surface area contributed by atoms with Crippen molar-refractivity contribution in [1.29, 1.82) is 0 Å². The number of halogens is 1. The van der Waals surface area contributed by atoms with E-state index in [-0.39, 0.29) is 5.69 Å². The quantitative estimate of drug-likeness (QED) is 0.827. The molecule has 1 aromatic heterocycles. The molecule has 2 aromatic rings. The second kappa shape index (κ2) is 6.76. The second-order valence-electron chi connectivity index (χ2n) is 3.93. The lowest BCUT2D eigenvalue weighted by Gasteiger charge is -2.07. The van der Waals surface area contributed by atoms with Gasteiger partial charge in [-0.2, -0.15) is 0 Å². The molecule has 1 aromatic carbocycles. The van der Waals surface area contributed by atoms with Crippen LogP contribution < -0.4 is 4.74 Å². The van der Waals surface area contributed by atoms with Crippen molar-refractivity contribution in [2.24, 2.45) is 0 Å².